The van der Waals surface area contributed by atoms with Gasteiger partial charge in [-0.15, -0.1) is 6.42 Å². The molecule has 1 aromatic carbocycles. The third kappa shape index (κ3) is 2.51. The number of ether oxygens (including phenoxy) is 2. The van der Waals surface area contributed by atoms with Gasteiger partial charge in [-0.1, -0.05) is 5.92 Å². The fourth-order valence-corrected chi connectivity index (χ4v) is 3.15. The number of fused-ring (bicyclic) bond motifs is 3. The van der Waals surface area contributed by atoms with Crippen LogP contribution in [0.3, 0.4) is 0 Å². The highest BCUT2D eigenvalue weighted by Crippen LogP contribution is 2.41. The smallest absolute Gasteiger partial charge is 0.185 e. The van der Waals surface area contributed by atoms with E-state index in [0.717, 1.165) is 6.07 Å². The number of terminal acetylenes is 1. The van der Waals surface area contributed by atoms with E-state index in [2.05, 4.69) is 11.2 Å². The van der Waals surface area contributed by atoms with Crippen LogP contribution < -0.4 is 15.0 Å². The van der Waals surface area contributed by atoms with Crippen molar-refractivity contribution in [2.24, 2.45) is 0 Å². The molecular formula is C16H18F2N2O2. The standard InChI is InChI=1S/C16H18F2N2O2/c1-3-10-6-13(17)14(18)15-16(10)22-12(9-21-2)7-11-8-19-4-5-20(11)15/h1,6,11-12,19H,4-5,7-9H2,2H3/t11-,12+/m1/s1. The number of methoxy groups -OCH3 is 1. The third-order valence-electron chi connectivity index (χ3n) is 4.11. The number of anilines is 1. The summed E-state index contributed by atoms with van der Waals surface area (Å²) >= 11 is 0. The van der Waals surface area contributed by atoms with E-state index in [4.69, 9.17) is 15.9 Å². The lowest BCUT2D eigenvalue weighted by Crippen LogP contribution is -2.52. The van der Waals surface area contributed by atoms with E-state index in [-0.39, 0.29) is 29.1 Å². The largest absolute Gasteiger partial charge is 0.484 e. The van der Waals surface area contributed by atoms with Crippen molar-refractivity contribution in [3.8, 4) is 18.1 Å². The molecule has 1 N–H and O–H groups in total. The maximum absolute atomic E-state index is 14.4. The van der Waals surface area contributed by atoms with Crippen LogP contribution in [-0.4, -0.2) is 45.5 Å². The van der Waals surface area contributed by atoms with Gasteiger partial charge in [-0.05, 0) is 6.07 Å². The van der Waals surface area contributed by atoms with Crippen LogP contribution in [-0.2, 0) is 4.74 Å². The molecule has 1 fully saturated rings. The molecule has 4 nitrogen and oxygen atoms in total. The molecule has 0 aromatic heterocycles. The molecule has 0 amide bonds. The highest BCUT2D eigenvalue weighted by atomic mass is 19.2. The first-order valence-corrected chi connectivity index (χ1v) is 7.27. The third-order valence-corrected chi connectivity index (χ3v) is 4.11. The summed E-state index contributed by atoms with van der Waals surface area (Å²) in [5, 5.41) is 3.27. The van der Waals surface area contributed by atoms with Gasteiger partial charge in [0, 0.05) is 39.2 Å². The van der Waals surface area contributed by atoms with Gasteiger partial charge in [0.25, 0.3) is 0 Å². The first-order chi connectivity index (χ1) is 10.7. The molecule has 0 saturated carbocycles. The van der Waals surface area contributed by atoms with Gasteiger partial charge in [0.15, 0.2) is 17.4 Å². The number of benzene rings is 1. The molecule has 1 aromatic rings. The summed E-state index contributed by atoms with van der Waals surface area (Å²) in [7, 11) is 1.58. The average Bonchev–Trinajstić information content (AvgIpc) is 2.68. The number of nitrogens with zero attached hydrogens (tertiary/aromatic N) is 1. The summed E-state index contributed by atoms with van der Waals surface area (Å²) in [6.07, 6.45) is 5.85. The molecule has 0 spiro atoms. The molecule has 118 valence electrons. The van der Waals surface area contributed by atoms with Crippen LogP contribution in [0.25, 0.3) is 0 Å². The first-order valence-electron chi connectivity index (χ1n) is 7.27. The van der Waals surface area contributed by atoms with E-state index < -0.39 is 11.6 Å². The minimum absolute atomic E-state index is 0.0112. The molecule has 2 aliphatic heterocycles. The Morgan fingerprint density at radius 2 is 2.36 bits per heavy atom. The van der Waals surface area contributed by atoms with E-state index in [9.17, 15) is 8.78 Å². The van der Waals surface area contributed by atoms with Gasteiger partial charge in [0.05, 0.1) is 12.2 Å². The zero-order valence-corrected chi connectivity index (χ0v) is 12.4. The van der Waals surface area contributed by atoms with Gasteiger partial charge >= 0.3 is 0 Å². The number of halogens is 2. The lowest BCUT2D eigenvalue weighted by Gasteiger charge is -2.37. The highest BCUT2D eigenvalue weighted by Gasteiger charge is 2.36. The Kier molecular flexibility index (Phi) is 4.19. The van der Waals surface area contributed by atoms with Crippen molar-refractivity contribution in [1.29, 1.82) is 0 Å². The number of hydrogen-bond donors (Lipinski definition) is 1. The van der Waals surface area contributed by atoms with Gasteiger partial charge in [0.1, 0.15) is 11.8 Å². The van der Waals surface area contributed by atoms with Crippen LogP contribution in [0, 0.1) is 24.0 Å². The summed E-state index contributed by atoms with van der Waals surface area (Å²) in [4.78, 5) is 1.86. The molecule has 0 bridgehead atoms. The van der Waals surface area contributed by atoms with Crippen LogP contribution in [0.4, 0.5) is 14.5 Å². The summed E-state index contributed by atoms with van der Waals surface area (Å²) in [5.41, 5.74) is 0.368. The van der Waals surface area contributed by atoms with Gasteiger partial charge in [-0.2, -0.15) is 0 Å². The second-order valence-electron chi connectivity index (χ2n) is 5.52. The molecule has 3 rings (SSSR count). The molecule has 0 aliphatic carbocycles. The SMILES string of the molecule is C#Cc1cc(F)c(F)c2c1O[C@H](COC)C[C@@H]1CNCCN21. The lowest BCUT2D eigenvalue weighted by atomic mass is 10.0. The van der Waals surface area contributed by atoms with E-state index in [1.54, 1.807) is 7.11 Å². The maximum atomic E-state index is 14.4. The van der Waals surface area contributed by atoms with E-state index in [1.165, 1.54) is 0 Å². The van der Waals surface area contributed by atoms with Crippen LogP contribution in [0.2, 0.25) is 0 Å². The topological polar surface area (TPSA) is 33.7 Å². The van der Waals surface area contributed by atoms with Gasteiger partial charge < -0.3 is 19.7 Å². The number of hydrogen-bond acceptors (Lipinski definition) is 4. The number of nitrogens with one attached hydrogen (secondary N) is 1. The van der Waals surface area contributed by atoms with Gasteiger partial charge in [-0.25, -0.2) is 8.78 Å². The molecule has 1 saturated heterocycles. The van der Waals surface area contributed by atoms with Crippen molar-refractivity contribution >= 4 is 5.69 Å². The molecule has 0 radical (unpaired) electrons. The van der Waals surface area contributed by atoms with Crippen molar-refractivity contribution < 1.29 is 18.3 Å². The summed E-state index contributed by atoms with van der Waals surface area (Å²) in [6.45, 7) is 2.33. The van der Waals surface area contributed by atoms with Gasteiger partial charge in [0.2, 0.25) is 0 Å². The molecular weight excluding hydrogens is 290 g/mol. The Morgan fingerprint density at radius 3 is 3.09 bits per heavy atom. The van der Waals surface area contributed by atoms with Crippen molar-refractivity contribution in [3.05, 3.63) is 23.3 Å². The fraction of sp³-hybridized carbons (Fsp3) is 0.500. The van der Waals surface area contributed by atoms with Gasteiger partial charge in [-0.3, -0.25) is 0 Å². The minimum Gasteiger partial charge on any atom is -0.484 e. The van der Waals surface area contributed by atoms with Crippen LogP contribution in [0.5, 0.6) is 5.75 Å². The van der Waals surface area contributed by atoms with Crippen molar-refractivity contribution in [2.75, 3.05) is 38.3 Å². The Bertz CT molecular complexity index is 615. The molecule has 2 heterocycles. The Morgan fingerprint density at radius 1 is 1.55 bits per heavy atom. The van der Waals surface area contributed by atoms with Crippen molar-refractivity contribution in [1.82, 2.24) is 5.32 Å². The first kappa shape index (κ1) is 15.1. The average molecular weight is 308 g/mol. The molecule has 6 heteroatoms. The quantitative estimate of drug-likeness (QED) is 0.840. The zero-order valence-electron chi connectivity index (χ0n) is 12.4. The fourth-order valence-electron chi connectivity index (χ4n) is 3.15. The number of piperazine rings is 1. The van der Waals surface area contributed by atoms with Crippen LogP contribution >= 0.6 is 0 Å². The normalized spacial score (nSPS) is 23.8. The molecule has 2 atom stereocenters. The molecule has 0 unspecified atom stereocenters. The second-order valence-corrected chi connectivity index (χ2v) is 5.52. The van der Waals surface area contributed by atoms with E-state index in [1.807, 2.05) is 4.90 Å². The summed E-state index contributed by atoms with van der Waals surface area (Å²) in [5.74, 6) is 0.787. The maximum Gasteiger partial charge on any atom is 0.185 e. The predicted molar refractivity (Wildman–Crippen MR) is 79.2 cm³/mol. The Labute approximate surface area is 128 Å². The van der Waals surface area contributed by atoms with E-state index in [0.29, 0.717) is 32.7 Å². The van der Waals surface area contributed by atoms with Crippen molar-refractivity contribution in [3.63, 3.8) is 0 Å². The Balaban J connectivity index is 2.14. The minimum atomic E-state index is -0.947. The number of rotatable bonds is 2. The second kappa shape index (κ2) is 6.11. The predicted octanol–water partition coefficient (Wildman–Crippen LogP) is 1.52. The summed E-state index contributed by atoms with van der Waals surface area (Å²) in [6, 6.07) is 1.03. The van der Waals surface area contributed by atoms with Crippen molar-refractivity contribution in [2.45, 2.75) is 18.6 Å². The Hall–Kier alpha value is -1.84. The summed E-state index contributed by atoms with van der Waals surface area (Å²) < 4.78 is 39.4. The van der Waals surface area contributed by atoms with E-state index >= 15 is 0 Å². The molecule has 2 aliphatic rings. The lowest BCUT2D eigenvalue weighted by molar-refractivity contribution is 0.0743. The monoisotopic (exact) mass is 308 g/mol. The molecule has 22 heavy (non-hydrogen) atoms. The van der Waals surface area contributed by atoms with Crippen LogP contribution in [0.1, 0.15) is 12.0 Å². The highest BCUT2D eigenvalue weighted by molar-refractivity contribution is 5.68. The van der Waals surface area contributed by atoms with Crippen LogP contribution in [0.15, 0.2) is 6.07 Å². The zero-order chi connectivity index (χ0) is 15.7.